The van der Waals surface area contributed by atoms with Gasteiger partial charge in [0.2, 0.25) is 21.8 Å². The van der Waals surface area contributed by atoms with Crippen LogP contribution >= 0.6 is 0 Å². The number of aryl methyl sites for hydroxylation is 2. The molecule has 1 aliphatic heterocycles. The van der Waals surface area contributed by atoms with Crippen molar-refractivity contribution in [1.82, 2.24) is 19.7 Å². The van der Waals surface area contributed by atoms with Crippen molar-refractivity contribution in [2.45, 2.75) is 25.9 Å². The van der Waals surface area contributed by atoms with E-state index in [0.717, 1.165) is 6.42 Å². The largest absolute Gasteiger partial charge is 0.494 e. The minimum absolute atomic E-state index is 0.142. The summed E-state index contributed by atoms with van der Waals surface area (Å²) < 4.78 is 53.0. The van der Waals surface area contributed by atoms with E-state index in [1.54, 1.807) is 43.3 Å². The van der Waals surface area contributed by atoms with Crippen molar-refractivity contribution in [3.8, 4) is 34.5 Å². The van der Waals surface area contributed by atoms with Crippen molar-refractivity contribution in [1.29, 1.82) is 0 Å². The van der Waals surface area contributed by atoms with E-state index in [-0.39, 0.29) is 11.8 Å². The molecular formula is C25H27N5O7S. The number of aliphatic hydroxyl groups is 1. The van der Waals surface area contributed by atoms with Gasteiger partial charge in [0.15, 0.2) is 5.76 Å². The van der Waals surface area contributed by atoms with Gasteiger partial charge < -0.3 is 23.7 Å². The first-order valence-electron chi connectivity index (χ1n) is 11.8. The van der Waals surface area contributed by atoms with Gasteiger partial charge in [-0.25, -0.2) is 8.42 Å². The number of nitrogens with one attached hydrogen (secondary N) is 1. The minimum Gasteiger partial charge on any atom is -0.494 e. The molecule has 0 amide bonds. The zero-order valence-corrected chi connectivity index (χ0v) is 21.9. The third kappa shape index (κ3) is 4.89. The Morgan fingerprint density at radius 3 is 2.58 bits per heavy atom. The van der Waals surface area contributed by atoms with Crippen molar-refractivity contribution in [2.75, 3.05) is 31.3 Å². The van der Waals surface area contributed by atoms with Gasteiger partial charge >= 0.3 is 0 Å². The summed E-state index contributed by atoms with van der Waals surface area (Å²) >= 11 is 0. The van der Waals surface area contributed by atoms with Crippen molar-refractivity contribution in [2.24, 2.45) is 0 Å². The molecule has 0 saturated carbocycles. The summed E-state index contributed by atoms with van der Waals surface area (Å²) in [6, 6.07) is 10.1. The van der Waals surface area contributed by atoms with E-state index in [1.807, 2.05) is 0 Å². The summed E-state index contributed by atoms with van der Waals surface area (Å²) in [7, 11) is -1.19. The number of hydrogen-bond donors (Lipinski definition) is 2. The molecule has 1 aromatic carbocycles. The number of anilines is 1. The smallest absolute Gasteiger partial charge is 0.243 e. The lowest BCUT2D eigenvalue weighted by atomic mass is 10.1. The van der Waals surface area contributed by atoms with Gasteiger partial charge in [0.05, 0.1) is 38.4 Å². The number of methoxy groups -OCH3 is 2. The Morgan fingerprint density at radius 1 is 1.13 bits per heavy atom. The van der Waals surface area contributed by atoms with Crippen LogP contribution in [0.5, 0.6) is 17.2 Å². The van der Waals surface area contributed by atoms with E-state index in [9.17, 15) is 13.5 Å². The van der Waals surface area contributed by atoms with Crippen LogP contribution in [-0.2, 0) is 16.4 Å². The number of rotatable bonds is 9. The SMILES string of the molecule is COc1cccc(OC)c1-n1c(NS(=O)(=O)C[C@H](O)c2ccnc3c2OCCC3)nnc1-c1ccc(C)o1. The van der Waals surface area contributed by atoms with Crippen LogP contribution in [0.2, 0.25) is 0 Å². The van der Waals surface area contributed by atoms with E-state index in [4.69, 9.17) is 18.6 Å². The summed E-state index contributed by atoms with van der Waals surface area (Å²) in [4.78, 5) is 4.28. The van der Waals surface area contributed by atoms with Gasteiger partial charge in [-0.2, -0.15) is 0 Å². The van der Waals surface area contributed by atoms with Crippen LogP contribution < -0.4 is 18.9 Å². The molecular weight excluding hydrogens is 514 g/mol. The first kappa shape index (κ1) is 25.5. The summed E-state index contributed by atoms with van der Waals surface area (Å²) in [5, 5.41) is 19.2. The molecule has 0 fully saturated rings. The van der Waals surface area contributed by atoms with Gasteiger partial charge in [0.25, 0.3) is 0 Å². The fourth-order valence-corrected chi connectivity index (χ4v) is 5.43. The van der Waals surface area contributed by atoms with E-state index in [0.29, 0.717) is 58.7 Å². The van der Waals surface area contributed by atoms with Gasteiger partial charge in [-0.15, -0.1) is 10.2 Å². The minimum atomic E-state index is -4.15. The number of ether oxygens (including phenoxy) is 3. The second-order valence-corrected chi connectivity index (χ2v) is 10.4. The quantitative estimate of drug-likeness (QED) is 0.323. The number of para-hydroxylation sites is 1. The lowest BCUT2D eigenvalue weighted by molar-refractivity contribution is 0.190. The third-order valence-electron chi connectivity index (χ3n) is 6.05. The van der Waals surface area contributed by atoms with Crippen LogP contribution in [0.15, 0.2) is 47.0 Å². The van der Waals surface area contributed by atoms with E-state index >= 15 is 0 Å². The van der Waals surface area contributed by atoms with Crippen LogP contribution in [-0.4, -0.2) is 59.9 Å². The van der Waals surface area contributed by atoms with Crippen LogP contribution in [0.1, 0.15) is 29.5 Å². The Balaban J connectivity index is 1.54. The normalized spacial score (nSPS) is 13.9. The Kier molecular flexibility index (Phi) is 6.95. The third-order valence-corrected chi connectivity index (χ3v) is 7.29. The summed E-state index contributed by atoms with van der Waals surface area (Å²) in [5.41, 5.74) is 1.42. The number of fused-ring (bicyclic) bond motifs is 1. The zero-order valence-electron chi connectivity index (χ0n) is 21.0. The lowest BCUT2D eigenvalue weighted by Crippen LogP contribution is -2.24. The fraction of sp³-hybridized carbons (Fsp3) is 0.320. The second-order valence-electron chi connectivity index (χ2n) is 8.63. The van der Waals surface area contributed by atoms with Crippen LogP contribution in [0.4, 0.5) is 5.95 Å². The van der Waals surface area contributed by atoms with Gasteiger partial charge in [0.1, 0.15) is 28.7 Å². The molecule has 3 aromatic heterocycles. The highest BCUT2D eigenvalue weighted by atomic mass is 32.2. The molecule has 1 aliphatic rings. The molecule has 38 heavy (non-hydrogen) atoms. The Morgan fingerprint density at radius 2 is 1.89 bits per heavy atom. The maximum Gasteiger partial charge on any atom is 0.243 e. The van der Waals surface area contributed by atoms with Crippen LogP contribution in [0.25, 0.3) is 17.3 Å². The molecule has 2 N–H and O–H groups in total. The molecule has 0 radical (unpaired) electrons. The van der Waals surface area contributed by atoms with E-state index in [1.165, 1.54) is 25.0 Å². The molecule has 0 unspecified atom stereocenters. The first-order valence-corrected chi connectivity index (χ1v) is 13.5. The van der Waals surface area contributed by atoms with Crippen molar-refractivity contribution >= 4 is 16.0 Å². The molecule has 200 valence electrons. The predicted molar refractivity (Wildman–Crippen MR) is 137 cm³/mol. The number of hydrogen-bond acceptors (Lipinski definition) is 10. The standard InChI is InChI=1S/C25H27N5O7S/c1-15-9-10-21(37-15)24-27-28-25(30(24)22-19(34-2)7-4-8-20(22)35-3)29-38(32,33)14-18(31)16-11-12-26-17-6-5-13-36-23(16)17/h4,7-12,18,31H,5-6,13-14H2,1-3H3,(H,28,29)/t18-/m0/s1. The maximum atomic E-state index is 13.3. The second kappa shape index (κ2) is 10.3. The molecule has 0 saturated heterocycles. The van der Waals surface area contributed by atoms with Crippen molar-refractivity contribution in [3.63, 3.8) is 0 Å². The highest BCUT2D eigenvalue weighted by molar-refractivity contribution is 7.92. The maximum absolute atomic E-state index is 13.3. The molecule has 1 atom stereocenters. The summed E-state index contributed by atoms with van der Waals surface area (Å²) in [5.74, 6) is 1.61. The monoisotopic (exact) mass is 541 g/mol. The molecule has 12 nitrogen and oxygen atoms in total. The molecule has 0 aliphatic carbocycles. The van der Waals surface area contributed by atoms with Gasteiger partial charge in [-0.3, -0.25) is 14.3 Å². The average molecular weight is 542 g/mol. The molecule has 0 bridgehead atoms. The van der Waals surface area contributed by atoms with E-state index in [2.05, 4.69) is 19.9 Å². The van der Waals surface area contributed by atoms with Gasteiger partial charge in [0, 0.05) is 11.8 Å². The van der Waals surface area contributed by atoms with Gasteiger partial charge in [-0.05, 0) is 50.1 Å². The molecule has 4 heterocycles. The predicted octanol–water partition coefficient (Wildman–Crippen LogP) is 3.05. The lowest BCUT2D eigenvalue weighted by Gasteiger charge is -2.22. The zero-order chi connectivity index (χ0) is 26.9. The Hall–Kier alpha value is -4.10. The molecule has 4 aromatic rings. The fourth-order valence-electron chi connectivity index (χ4n) is 4.34. The Labute approximate surface area is 219 Å². The summed E-state index contributed by atoms with van der Waals surface area (Å²) in [6.45, 7) is 2.25. The first-order chi connectivity index (χ1) is 18.3. The average Bonchev–Trinajstić information content (AvgIpc) is 3.52. The van der Waals surface area contributed by atoms with Crippen molar-refractivity contribution in [3.05, 3.63) is 59.6 Å². The Bertz CT molecular complexity index is 1540. The highest BCUT2D eigenvalue weighted by Crippen LogP contribution is 2.38. The van der Waals surface area contributed by atoms with Gasteiger partial charge in [-0.1, -0.05) is 6.07 Å². The number of aliphatic hydroxyl groups excluding tert-OH is 1. The summed E-state index contributed by atoms with van der Waals surface area (Å²) in [6.07, 6.45) is 1.67. The highest BCUT2D eigenvalue weighted by Gasteiger charge is 2.29. The number of nitrogens with zero attached hydrogens (tertiary/aromatic N) is 4. The molecule has 13 heteroatoms. The van der Waals surface area contributed by atoms with Crippen LogP contribution in [0.3, 0.4) is 0 Å². The number of pyridine rings is 1. The molecule has 5 rings (SSSR count). The van der Waals surface area contributed by atoms with Crippen molar-refractivity contribution < 1.29 is 32.2 Å². The topological polar surface area (TPSA) is 151 Å². The molecule has 0 spiro atoms. The number of sulfonamides is 1. The van der Waals surface area contributed by atoms with Crippen LogP contribution in [0, 0.1) is 6.92 Å². The number of aromatic nitrogens is 4. The van der Waals surface area contributed by atoms with E-state index < -0.39 is 21.9 Å². The number of benzene rings is 1. The number of furan rings is 1.